The van der Waals surface area contributed by atoms with Crippen molar-refractivity contribution in [2.45, 2.75) is 37.7 Å². The first-order valence-electron chi connectivity index (χ1n) is 10.4. The van der Waals surface area contributed by atoms with Gasteiger partial charge < -0.3 is 14.4 Å². The van der Waals surface area contributed by atoms with Gasteiger partial charge in [0.25, 0.3) is 0 Å². The van der Waals surface area contributed by atoms with Gasteiger partial charge in [0.2, 0.25) is 15.9 Å². The molecule has 2 aromatic carbocycles. The summed E-state index contributed by atoms with van der Waals surface area (Å²) >= 11 is 0. The van der Waals surface area contributed by atoms with Crippen molar-refractivity contribution >= 4 is 15.9 Å². The third-order valence-electron chi connectivity index (χ3n) is 5.52. The van der Waals surface area contributed by atoms with Gasteiger partial charge in [-0.25, -0.2) is 13.1 Å². The van der Waals surface area contributed by atoms with Gasteiger partial charge in [-0.05, 0) is 49.1 Å². The molecular weight excluding hydrogens is 416 g/mol. The molecule has 1 heterocycles. The van der Waals surface area contributed by atoms with E-state index in [0.717, 1.165) is 16.7 Å². The molecule has 1 aliphatic heterocycles. The molecule has 0 aromatic heterocycles. The number of methoxy groups -OCH3 is 1. The van der Waals surface area contributed by atoms with Gasteiger partial charge in [0, 0.05) is 19.5 Å². The van der Waals surface area contributed by atoms with Crippen LogP contribution in [0.15, 0.2) is 47.4 Å². The van der Waals surface area contributed by atoms with Crippen LogP contribution in [0.25, 0.3) is 0 Å². The van der Waals surface area contributed by atoms with E-state index in [-0.39, 0.29) is 29.9 Å². The Labute approximate surface area is 184 Å². The first kappa shape index (κ1) is 23.2. The van der Waals surface area contributed by atoms with Crippen LogP contribution in [0, 0.1) is 13.8 Å². The molecule has 0 spiro atoms. The molecule has 1 unspecified atom stereocenters. The Hall–Kier alpha value is -2.42. The van der Waals surface area contributed by atoms with E-state index in [4.69, 9.17) is 9.47 Å². The zero-order valence-corrected chi connectivity index (χ0v) is 19.1. The number of carbonyl (C=O) groups is 1. The van der Waals surface area contributed by atoms with Gasteiger partial charge in [-0.15, -0.1) is 0 Å². The highest BCUT2D eigenvalue weighted by Gasteiger charge is 2.25. The van der Waals surface area contributed by atoms with Crippen molar-refractivity contribution in [3.63, 3.8) is 0 Å². The Morgan fingerprint density at radius 1 is 1.19 bits per heavy atom. The fourth-order valence-corrected chi connectivity index (χ4v) is 4.87. The molecule has 1 atom stereocenters. The van der Waals surface area contributed by atoms with Crippen LogP contribution in [0.2, 0.25) is 0 Å². The van der Waals surface area contributed by atoms with E-state index < -0.39 is 10.0 Å². The quantitative estimate of drug-likeness (QED) is 0.630. The maximum atomic E-state index is 12.7. The van der Waals surface area contributed by atoms with E-state index in [9.17, 15) is 13.2 Å². The summed E-state index contributed by atoms with van der Waals surface area (Å²) in [5.41, 5.74) is 2.88. The normalized spacial score (nSPS) is 16.9. The number of amides is 1. The van der Waals surface area contributed by atoms with Crippen molar-refractivity contribution in [1.29, 1.82) is 0 Å². The molecule has 1 fully saturated rings. The smallest absolute Gasteiger partial charge is 0.244 e. The Kier molecular flexibility index (Phi) is 7.69. The van der Waals surface area contributed by atoms with Crippen molar-refractivity contribution in [3.05, 3.63) is 59.2 Å². The average molecular weight is 447 g/mol. The average Bonchev–Trinajstić information content (AvgIpc) is 2.78. The van der Waals surface area contributed by atoms with Crippen molar-refractivity contribution in [2.75, 3.05) is 33.4 Å². The van der Waals surface area contributed by atoms with Gasteiger partial charge in [0.05, 0.1) is 20.3 Å². The molecule has 2 aromatic rings. The Balaban J connectivity index is 1.52. The predicted molar refractivity (Wildman–Crippen MR) is 119 cm³/mol. The topological polar surface area (TPSA) is 84.9 Å². The van der Waals surface area contributed by atoms with Crippen LogP contribution < -0.4 is 9.46 Å². The maximum absolute atomic E-state index is 12.7. The second kappa shape index (κ2) is 10.3. The number of nitrogens with zero attached hydrogens (tertiary/aromatic N) is 1. The predicted octanol–water partition coefficient (Wildman–Crippen LogP) is 2.97. The summed E-state index contributed by atoms with van der Waals surface area (Å²) in [5.74, 6) is 0.319. The maximum Gasteiger partial charge on any atom is 0.244 e. The highest BCUT2D eigenvalue weighted by Crippen LogP contribution is 2.27. The lowest BCUT2D eigenvalue weighted by molar-refractivity contribution is -0.139. The van der Waals surface area contributed by atoms with Gasteiger partial charge in [-0.1, -0.05) is 30.3 Å². The highest BCUT2D eigenvalue weighted by molar-refractivity contribution is 7.89. The Bertz CT molecular complexity index is 1010. The van der Waals surface area contributed by atoms with E-state index in [0.29, 0.717) is 31.9 Å². The molecule has 0 bridgehead atoms. The Morgan fingerprint density at radius 2 is 1.90 bits per heavy atom. The minimum Gasteiger partial charge on any atom is -0.495 e. The van der Waals surface area contributed by atoms with Crippen LogP contribution >= 0.6 is 0 Å². The lowest BCUT2D eigenvalue weighted by Crippen LogP contribution is -2.42. The fraction of sp³-hybridized carbons (Fsp3) is 0.435. The second-order valence-corrected chi connectivity index (χ2v) is 9.43. The van der Waals surface area contributed by atoms with Crippen LogP contribution in [0.1, 0.15) is 35.6 Å². The summed E-state index contributed by atoms with van der Waals surface area (Å²) in [7, 11) is -2.28. The summed E-state index contributed by atoms with van der Waals surface area (Å²) in [5, 5.41) is 0. The minimum atomic E-state index is -3.73. The summed E-state index contributed by atoms with van der Waals surface area (Å²) < 4.78 is 39.1. The van der Waals surface area contributed by atoms with Crippen molar-refractivity contribution < 1.29 is 22.7 Å². The van der Waals surface area contributed by atoms with Crippen molar-refractivity contribution in [1.82, 2.24) is 9.62 Å². The molecule has 1 aliphatic rings. The van der Waals surface area contributed by atoms with Gasteiger partial charge in [-0.3, -0.25) is 4.79 Å². The fourth-order valence-electron chi connectivity index (χ4n) is 3.56. The minimum absolute atomic E-state index is 0.00666. The number of benzene rings is 2. The summed E-state index contributed by atoms with van der Waals surface area (Å²) in [4.78, 5) is 14.5. The largest absolute Gasteiger partial charge is 0.495 e. The molecule has 0 saturated carbocycles. The zero-order valence-electron chi connectivity index (χ0n) is 18.3. The van der Waals surface area contributed by atoms with Crippen LogP contribution in [0.5, 0.6) is 5.75 Å². The summed E-state index contributed by atoms with van der Waals surface area (Å²) in [6.07, 6.45) is 0.557. The molecule has 1 amide bonds. The monoisotopic (exact) mass is 446 g/mol. The number of carbonyl (C=O) groups excluding carboxylic acids is 1. The number of ether oxygens (including phenoxy) is 2. The van der Waals surface area contributed by atoms with Crippen LogP contribution in [0.3, 0.4) is 0 Å². The third kappa shape index (κ3) is 5.84. The molecule has 1 saturated heterocycles. The molecule has 0 radical (unpaired) electrons. The lowest BCUT2D eigenvalue weighted by atomic mass is 10.1. The molecule has 0 aliphatic carbocycles. The van der Waals surface area contributed by atoms with E-state index in [1.165, 1.54) is 7.11 Å². The van der Waals surface area contributed by atoms with Crippen molar-refractivity contribution in [2.24, 2.45) is 0 Å². The molecule has 8 heteroatoms. The molecular formula is C23H30N2O5S. The number of hydrogen-bond donors (Lipinski definition) is 1. The number of aryl methyl sites for hydroxylation is 2. The number of nitrogens with one attached hydrogen (secondary N) is 1. The van der Waals surface area contributed by atoms with E-state index in [1.807, 2.05) is 44.2 Å². The third-order valence-corrected chi connectivity index (χ3v) is 7.00. The first-order valence-corrected chi connectivity index (χ1v) is 11.9. The lowest BCUT2D eigenvalue weighted by Gasteiger charge is -2.33. The second-order valence-electron chi connectivity index (χ2n) is 7.70. The van der Waals surface area contributed by atoms with Crippen LogP contribution in [-0.4, -0.2) is 52.6 Å². The number of rotatable bonds is 8. The van der Waals surface area contributed by atoms with Gasteiger partial charge in [0.15, 0.2) is 0 Å². The van der Waals surface area contributed by atoms with Gasteiger partial charge >= 0.3 is 0 Å². The molecule has 7 nitrogen and oxygen atoms in total. The van der Waals surface area contributed by atoms with Crippen LogP contribution in [0.4, 0.5) is 0 Å². The SMILES string of the molecule is COc1cc(C)c(C)cc1S(=O)(=O)NCCCC(=O)N1CCOC(c2ccccc2)C1. The number of morpholine rings is 1. The van der Waals surface area contributed by atoms with Gasteiger partial charge in [0.1, 0.15) is 16.7 Å². The summed E-state index contributed by atoms with van der Waals surface area (Å²) in [6, 6.07) is 13.2. The van der Waals surface area contributed by atoms with E-state index in [2.05, 4.69) is 4.72 Å². The number of hydrogen-bond acceptors (Lipinski definition) is 5. The molecule has 168 valence electrons. The van der Waals surface area contributed by atoms with Crippen molar-refractivity contribution in [3.8, 4) is 5.75 Å². The molecule has 1 N–H and O–H groups in total. The Morgan fingerprint density at radius 3 is 2.61 bits per heavy atom. The molecule has 3 rings (SSSR count). The molecule has 31 heavy (non-hydrogen) atoms. The first-order chi connectivity index (χ1) is 14.8. The zero-order chi connectivity index (χ0) is 22.4. The standard InChI is InChI=1S/C23H30N2O5S/c1-17-14-20(29-3)22(15-18(17)2)31(27,28)24-11-7-10-23(26)25-12-13-30-21(16-25)19-8-5-4-6-9-19/h4-6,8-9,14-15,21,24H,7,10-13,16H2,1-3H3. The van der Waals surface area contributed by atoms with Crippen LogP contribution in [-0.2, 0) is 19.6 Å². The summed E-state index contributed by atoms with van der Waals surface area (Å²) in [6.45, 7) is 5.49. The highest BCUT2D eigenvalue weighted by atomic mass is 32.2. The van der Waals surface area contributed by atoms with Gasteiger partial charge in [-0.2, -0.15) is 0 Å². The number of sulfonamides is 1. The van der Waals surface area contributed by atoms with E-state index >= 15 is 0 Å². The van der Waals surface area contributed by atoms with E-state index in [1.54, 1.807) is 17.0 Å².